The van der Waals surface area contributed by atoms with Gasteiger partial charge in [-0.05, 0) is 31.9 Å². The molecule has 3 rings (SSSR count). The molecule has 0 bridgehead atoms. The van der Waals surface area contributed by atoms with E-state index in [4.69, 9.17) is 4.74 Å². The first kappa shape index (κ1) is 18.8. The van der Waals surface area contributed by atoms with E-state index in [1.165, 1.54) is 4.90 Å². The van der Waals surface area contributed by atoms with E-state index in [0.29, 0.717) is 23.9 Å². The molecule has 6 nitrogen and oxygen atoms in total. The molecule has 0 unspecified atom stereocenters. The standard InChI is InChI=1S/C21H23N3O3/c1-15(19(25)24(2)21(14-22)11-4-3-5-12-21)27-20(26)17-10-6-8-16-9-7-13-23-18(16)17/h6-10,13,15H,3-5,11-12H2,1-2H3/t15-/m1/s1. The van der Waals surface area contributed by atoms with Crippen molar-refractivity contribution in [3.63, 3.8) is 0 Å². The van der Waals surface area contributed by atoms with E-state index < -0.39 is 17.6 Å². The van der Waals surface area contributed by atoms with Gasteiger partial charge in [0.2, 0.25) is 0 Å². The fraction of sp³-hybridized carbons (Fsp3) is 0.429. The third-order valence-corrected chi connectivity index (χ3v) is 5.35. The molecule has 0 saturated heterocycles. The minimum Gasteiger partial charge on any atom is -0.449 e. The van der Waals surface area contributed by atoms with E-state index in [9.17, 15) is 14.9 Å². The number of carbonyl (C=O) groups excluding carboxylic acids is 2. The second kappa shape index (κ2) is 7.75. The highest BCUT2D eigenvalue weighted by atomic mass is 16.5. The first-order chi connectivity index (χ1) is 13.0. The number of likely N-dealkylation sites (N-methyl/N-ethyl adjacent to an activating group) is 1. The molecule has 0 N–H and O–H groups in total. The van der Waals surface area contributed by atoms with Crippen LogP contribution >= 0.6 is 0 Å². The third-order valence-electron chi connectivity index (χ3n) is 5.35. The number of nitriles is 1. The lowest BCUT2D eigenvalue weighted by Gasteiger charge is -2.39. The lowest BCUT2D eigenvalue weighted by atomic mass is 9.81. The molecule has 1 fully saturated rings. The highest BCUT2D eigenvalue weighted by molar-refractivity contribution is 6.03. The highest BCUT2D eigenvalue weighted by Crippen LogP contribution is 2.33. The molecule has 0 spiro atoms. The first-order valence-corrected chi connectivity index (χ1v) is 9.22. The van der Waals surface area contributed by atoms with E-state index in [-0.39, 0.29) is 5.91 Å². The molecule has 27 heavy (non-hydrogen) atoms. The smallest absolute Gasteiger partial charge is 0.341 e. The maximum Gasteiger partial charge on any atom is 0.341 e. The Morgan fingerprint density at radius 2 is 1.93 bits per heavy atom. The lowest BCUT2D eigenvalue weighted by molar-refractivity contribution is -0.143. The van der Waals surface area contributed by atoms with Crippen LogP contribution in [-0.2, 0) is 9.53 Å². The zero-order valence-corrected chi connectivity index (χ0v) is 15.6. The minimum atomic E-state index is -0.978. The molecule has 2 aromatic rings. The fourth-order valence-corrected chi connectivity index (χ4v) is 3.69. The van der Waals surface area contributed by atoms with Crippen LogP contribution in [0.1, 0.15) is 49.4 Å². The molecule has 1 aliphatic rings. The van der Waals surface area contributed by atoms with Gasteiger partial charge in [0.05, 0.1) is 17.1 Å². The van der Waals surface area contributed by atoms with Gasteiger partial charge in [-0.15, -0.1) is 0 Å². The number of carbonyl (C=O) groups is 2. The number of nitrogens with zero attached hydrogens (tertiary/aromatic N) is 3. The van der Waals surface area contributed by atoms with Crippen LogP contribution in [0.3, 0.4) is 0 Å². The lowest BCUT2D eigenvalue weighted by Crippen LogP contribution is -2.53. The summed E-state index contributed by atoms with van der Waals surface area (Å²) in [5.41, 5.74) is 0.0543. The van der Waals surface area contributed by atoms with Crippen molar-refractivity contribution in [3.8, 4) is 6.07 Å². The van der Waals surface area contributed by atoms with Crippen molar-refractivity contribution in [2.75, 3.05) is 7.05 Å². The summed E-state index contributed by atoms with van der Waals surface area (Å²) < 4.78 is 5.43. The second-order valence-corrected chi connectivity index (χ2v) is 7.03. The van der Waals surface area contributed by atoms with E-state index in [1.54, 1.807) is 38.4 Å². The van der Waals surface area contributed by atoms with Crippen molar-refractivity contribution in [1.82, 2.24) is 9.88 Å². The normalized spacial score (nSPS) is 16.9. The van der Waals surface area contributed by atoms with Crippen molar-refractivity contribution in [3.05, 3.63) is 42.1 Å². The molecule has 1 aromatic heterocycles. The summed E-state index contributed by atoms with van der Waals surface area (Å²) in [7, 11) is 1.63. The Labute approximate surface area is 158 Å². The van der Waals surface area contributed by atoms with Gasteiger partial charge in [0.25, 0.3) is 5.91 Å². The largest absolute Gasteiger partial charge is 0.449 e. The number of para-hydroxylation sites is 1. The Balaban J connectivity index is 1.76. The zero-order valence-electron chi connectivity index (χ0n) is 15.6. The van der Waals surface area contributed by atoms with E-state index in [0.717, 1.165) is 24.6 Å². The number of aromatic nitrogens is 1. The SMILES string of the molecule is C[C@@H](OC(=O)c1cccc2cccnc12)C(=O)N(C)C1(C#N)CCCCC1. The molecule has 1 aromatic carbocycles. The Morgan fingerprint density at radius 1 is 1.22 bits per heavy atom. The summed E-state index contributed by atoms with van der Waals surface area (Å²) >= 11 is 0. The number of hydrogen-bond donors (Lipinski definition) is 0. The molecule has 0 radical (unpaired) electrons. The van der Waals surface area contributed by atoms with Crippen LogP contribution in [0.2, 0.25) is 0 Å². The molecule has 1 saturated carbocycles. The summed E-state index contributed by atoms with van der Waals surface area (Å²) in [5, 5.41) is 10.5. The van der Waals surface area contributed by atoms with Crippen molar-refractivity contribution in [2.45, 2.75) is 50.7 Å². The summed E-state index contributed by atoms with van der Waals surface area (Å²) in [6.07, 6.45) is 4.85. The number of amides is 1. The number of hydrogen-bond acceptors (Lipinski definition) is 5. The molecule has 1 aliphatic carbocycles. The minimum absolute atomic E-state index is 0.322. The molecule has 1 heterocycles. The van der Waals surface area contributed by atoms with Gasteiger partial charge in [-0.3, -0.25) is 9.78 Å². The Kier molecular flexibility index (Phi) is 5.41. The molecular formula is C21H23N3O3. The van der Waals surface area contributed by atoms with Crippen molar-refractivity contribution in [1.29, 1.82) is 5.26 Å². The van der Waals surface area contributed by atoms with Crippen LogP contribution < -0.4 is 0 Å². The quantitative estimate of drug-likeness (QED) is 0.775. The van der Waals surface area contributed by atoms with Crippen molar-refractivity contribution in [2.24, 2.45) is 0 Å². The van der Waals surface area contributed by atoms with Gasteiger partial charge in [0, 0.05) is 18.6 Å². The summed E-state index contributed by atoms with van der Waals surface area (Å²) in [6.45, 7) is 1.54. The maximum absolute atomic E-state index is 12.8. The zero-order chi connectivity index (χ0) is 19.4. The Bertz CT molecular complexity index is 892. The van der Waals surface area contributed by atoms with Crippen molar-refractivity contribution >= 4 is 22.8 Å². The van der Waals surface area contributed by atoms with Gasteiger partial charge in [-0.1, -0.05) is 37.5 Å². The number of benzene rings is 1. The van der Waals surface area contributed by atoms with Crippen LogP contribution in [0.5, 0.6) is 0 Å². The van der Waals surface area contributed by atoms with Crippen molar-refractivity contribution < 1.29 is 14.3 Å². The average molecular weight is 365 g/mol. The average Bonchev–Trinajstić information content (AvgIpc) is 2.72. The maximum atomic E-state index is 12.8. The number of rotatable bonds is 4. The number of pyridine rings is 1. The van der Waals surface area contributed by atoms with Crippen LogP contribution in [0.25, 0.3) is 10.9 Å². The molecule has 1 amide bonds. The highest BCUT2D eigenvalue weighted by Gasteiger charge is 2.40. The van der Waals surface area contributed by atoms with Gasteiger partial charge in [0.15, 0.2) is 6.10 Å². The first-order valence-electron chi connectivity index (χ1n) is 9.22. The topological polar surface area (TPSA) is 83.3 Å². The summed E-state index contributed by atoms with van der Waals surface area (Å²) in [5.74, 6) is -0.955. The second-order valence-electron chi connectivity index (χ2n) is 7.03. The summed E-state index contributed by atoms with van der Waals surface area (Å²) in [4.78, 5) is 31.2. The third kappa shape index (κ3) is 3.63. The van der Waals surface area contributed by atoms with Crippen LogP contribution in [0.4, 0.5) is 0 Å². The number of ether oxygens (including phenoxy) is 1. The van der Waals surface area contributed by atoms with Gasteiger partial charge in [-0.2, -0.15) is 5.26 Å². The number of fused-ring (bicyclic) bond motifs is 1. The Hall–Kier alpha value is -2.94. The van der Waals surface area contributed by atoms with Gasteiger partial charge in [0.1, 0.15) is 5.54 Å². The predicted octanol–water partition coefficient (Wildman–Crippen LogP) is 3.46. The van der Waals surface area contributed by atoms with Crippen LogP contribution in [0.15, 0.2) is 36.5 Å². The monoisotopic (exact) mass is 365 g/mol. The molecule has 1 atom stereocenters. The van der Waals surface area contributed by atoms with Crippen LogP contribution in [0, 0.1) is 11.3 Å². The van der Waals surface area contributed by atoms with Gasteiger partial charge in [-0.25, -0.2) is 4.79 Å². The predicted molar refractivity (Wildman–Crippen MR) is 101 cm³/mol. The van der Waals surface area contributed by atoms with Crippen LogP contribution in [-0.4, -0.2) is 40.5 Å². The van der Waals surface area contributed by atoms with Gasteiger partial charge >= 0.3 is 5.97 Å². The van der Waals surface area contributed by atoms with Gasteiger partial charge < -0.3 is 9.64 Å². The molecule has 0 aliphatic heterocycles. The molecule has 140 valence electrons. The van der Waals surface area contributed by atoms with E-state index in [2.05, 4.69) is 11.1 Å². The fourth-order valence-electron chi connectivity index (χ4n) is 3.69. The van der Waals surface area contributed by atoms with E-state index in [1.807, 2.05) is 12.1 Å². The molecule has 6 heteroatoms. The summed E-state index contributed by atoms with van der Waals surface area (Å²) in [6, 6.07) is 11.2. The number of esters is 1. The molecular weight excluding hydrogens is 342 g/mol. The Morgan fingerprint density at radius 3 is 2.63 bits per heavy atom. The van der Waals surface area contributed by atoms with E-state index >= 15 is 0 Å².